The first-order valence-corrected chi connectivity index (χ1v) is 11.0. The Morgan fingerprint density at radius 1 is 1.18 bits per heavy atom. The molecule has 0 aliphatic carbocycles. The molecule has 4 rings (SSSR count). The van der Waals surface area contributed by atoms with Crippen molar-refractivity contribution in [2.24, 2.45) is 4.99 Å². The van der Waals surface area contributed by atoms with Crippen LogP contribution in [0.3, 0.4) is 0 Å². The van der Waals surface area contributed by atoms with Gasteiger partial charge in [-0.2, -0.15) is 13.2 Å². The van der Waals surface area contributed by atoms with Crippen LogP contribution in [-0.4, -0.2) is 23.3 Å². The van der Waals surface area contributed by atoms with Gasteiger partial charge in [0.2, 0.25) is 0 Å². The van der Waals surface area contributed by atoms with Gasteiger partial charge < -0.3 is 4.74 Å². The highest BCUT2D eigenvalue weighted by atomic mass is 35.5. The van der Waals surface area contributed by atoms with E-state index < -0.39 is 35.0 Å². The highest BCUT2D eigenvalue weighted by Gasteiger charge is 2.45. The topological polar surface area (TPSA) is 60.7 Å². The normalized spacial score (nSPS) is 16.4. The highest BCUT2D eigenvalue weighted by Crippen LogP contribution is 2.38. The molecule has 0 bridgehead atoms. The molecule has 0 N–H and O–H groups in total. The van der Waals surface area contributed by atoms with Crippen LogP contribution < -0.4 is 14.9 Å². The van der Waals surface area contributed by atoms with Crippen LogP contribution >= 0.6 is 22.9 Å². The lowest BCUT2D eigenvalue weighted by Crippen LogP contribution is -2.41. The van der Waals surface area contributed by atoms with Crippen molar-refractivity contribution in [1.29, 1.82) is 0 Å². The minimum Gasteiger partial charge on any atom is -0.463 e. The van der Waals surface area contributed by atoms with Crippen molar-refractivity contribution in [2.45, 2.75) is 19.1 Å². The number of esters is 1. The third-order valence-corrected chi connectivity index (χ3v) is 6.11. The van der Waals surface area contributed by atoms with Crippen LogP contribution in [0.25, 0.3) is 6.08 Å². The summed E-state index contributed by atoms with van der Waals surface area (Å²) in [5.41, 5.74) is -1.72. The van der Waals surface area contributed by atoms with Gasteiger partial charge in [0.15, 0.2) is 10.5 Å². The summed E-state index contributed by atoms with van der Waals surface area (Å²) in [7, 11) is 0. The minimum atomic E-state index is -4.94. The average molecular weight is 493 g/mol. The fourth-order valence-electron chi connectivity index (χ4n) is 3.50. The fourth-order valence-corrected chi connectivity index (χ4v) is 4.63. The number of halogens is 4. The van der Waals surface area contributed by atoms with Crippen LogP contribution in [0.4, 0.5) is 13.2 Å². The molecule has 2 aromatic carbocycles. The van der Waals surface area contributed by atoms with Gasteiger partial charge >= 0.3 is 12.1 Å². The van der Waals surface area contributed by atoms with Crippen LogP contribution in [0.15, 0.2) is 75.7 Å². The van der Waals surface area contributed by atoms with E-state index in [-0.39, 0.29) is 21.5 Å². The van der Waals surface area contributed by atoms with E-state index in [2.05, 4.69) is 4.99 Å². The fraction of sp³-hybridized carbons (Fsp3) is 0.174. The van der Waals surface area contributed by atoms with Crippen LogP contribution in [-0.2, 0) is 9.53 Å². The summed E-state index contributed by atoms with van der Waals surface area (Å²) in [6.07, 6.45) is -3.37. The van der Waals surface area contributed by atoms with Crippen molar-refractivity contribution in [3.63, 3.8) is 0 Å². The summed E-state index contributed by atoms with van der Waals surface area (Å²) < 4.78 is 48.3. The molecule has 33 heavy (non-hydrogen) atoms. The maximum absolute atomic E-state index is 14.0. The Bertz CT molecular complexity index is 1410. The van der Waals surface area contributed by atoms with Gasteiger partial charge in [-0.05, 0) is 36.3 Å². The monoisotopic (exact) mass is 492 g/mol. The summed E-state index contributed by atoms with van der Waals surface area (Å²) in [5, 5.41) is 0.355. The van der Waals surface area contributed by atoms with E-state index in [1.54, 1.807) is 36.4 Å². The predicted octanol–water partition coefficient (Wildman–Crippen LogP) is 3.99. The first-order valence-electron chi connectivity index (χ1n) is 9.81. The molecule has 10 heteroatoms. The molecule has 0 fully saturated rings. The molecule has 170 valence electrons. The number of hydrogen-bond donors (Lipinski definition) is 0. The maximum atomic E-state index is 14.0. The number of alkyl halides is 3. The van der Waals surface area contributed by atoms with Gasteiger partial charge in [0.25, 0.3) is 5.56 Å². The summed E-state index contributed by atoms with van der Waals surface area (Å²) in [5.74, 6) is -1.19. The summed E-state index contributed by atoms with van der Waals surface area (Å²) in [6.45, 7) is 1.34. The van der Waals surface area contributed by atoms with Gasteiger partial charge in [-0.25, -0.2) is 9.79 Å². The molecule has 0 unspecified atom stereocenters. The number of benzene rings is 2. The van der Waals surface area contributed by atoms with Crippen LogP contribution in [0, 0.1) is 0 Å². The standard InChI is InChI=1S/C23H16ClF3N2O3S/c1-2-32-21(31)17-18(14-8-10-15(24)11-9-14)29-20(30)16(12-13-6-4-3-5-7-13)33-22(29)28-19(17)23(25,26)27/h3-12,18H,2H2,1H3/b16-12-/t18-/m0/s1. The first kappa shape index (κ1) is 23.0. The zero-order valence-corrected chi connectivity index (χ0v) is 18.7. The lowest BCUT2D eigenvalue weighted by Gasteiger charge is -2.26. The summed E-state index contributed by atoms with van der Waals surface area (Å²) in [4.78, 5) is 29.6. The number of aromatic nitrogens is 1. The second-order valence-electron chi connectivity index (χ2n) is 7.03. The minimum absolute atomic E-state index is 0.140. The van der Waals surface area contributed by atoms with Gasteiger partial charge in [0.05, 0.1) is 22.8 Å². The molecular weight excluding hydrogens is 477 g/mol. The van der Waals surface area contributed by atoms with E-state index in [1.165, 1.54) is 31.2 Å². The van der Waals surface area contributed by atoms with E-state index in [9.17, 15) is 22.8 Å². The Kier molecular flexibility index (Phi) is 6.27. The molecule has 3 aromatic rings. The Morgan fingerprint density at radius 3 is 2.45 bits per heavy atom. The summed E-state index contributed by atoms with van der Waals surface area (Å²) >= 11 is 6.77. The molecule has 0 radical (unpaired) electrons. The van der Waals surface area contributed by atoms with E-state index in [0.717, 1.165) is 15.9 Å². The Hall–Kier alpha value is -3.17. The number of carbonyl (C=O) groups is 1. The number of rotatable bonds is 4. The molecule has 1 aliphatic rings. The molecular formula is C23H16ClF3N2O3S. The molecule has 1 aromatic heterocycles. The van der Waals surface area contributed by atoms with E-state index in [1.807, 2.05) is 0 Å². The number of thiazole rings is 1. The SMILES string of the molecule is CCOC(=O)C1=C(C(F)(F)F)N=c2s/c(=C\c3ccccc3)c(=O)n2[C@H]1c1ccc(Cl)cc1. The van der Waals surface area contributed by atoms with Crippen molar-refractivity contribution < 1.29 is 22.7 Å². The largest absolute Gasteiger partial charge is 0.463 e. The lowest BCUT2D eigenvalue weighted by molar-refractivity contribution is -0.140. The molecule has 5 nitrogen and oxygen atoms in total. The number of ether oxygens (including phenoxy) is 1. The van der Waals surface area contributed by atoms with Crippen molar-refractivity contribution in [3.8, 4) is 0 Å². The Labute approximate surface area is 194 Å². The van der Waals surface area contributed by atoms with E-state index in [0.29, 0.717) is 10.6 Å². The average Bonchev–Trinajstić information content (AvgIpc) is 3.08. The number of hydrogen-bond acceptors (Lipinski definition) is 5. The molecule has 0 spiro atoms. The number of carbonyl (C=O) groups excluding carboxylic acids is 1. The van der Waals surface area contributed by atoms with Crippen LogP contribution in [0.1, 0.15) is 24.1 Å². The molecule has 1 aliphatic heterocycles. The number of nitrogens with zero attached hydrogens (tertiary/aromatic N) is 2. The molecule has 1 atom stereocenters. The van der Waals surface area contributed by atoms with Gasteiger partial charge in [0.1, 0.15) is 0 Å². The quantitative estimate of drug-likeness (QED) is 0.517. The lowest BCUT2D eigenvalue weighted by atomic mass is 9.95. The molecule has 0 saturated heterocycles. The van der Waals surface area contributed by atoms with Crippen molar-refractivity contribution in [3.05, 3.63) is 102 Å². The predicted molar refractivity (Wildman–Crippen MR) is 119 cm³/mol. The third kappa shape index (κ3) is 4.51. The van der Waals surface area contributed by atoms with Gasteiger partial charge in [-0.15, -0.1) is 0 Å². The Balaban J connectivity index is 2.06. The second-order valence-corrected chi connectivity index (χ2v) is 8.47. The summed E-state index contributed by atoms with van der Waals surface area (Å²) in [6, 6.07) is 13.4. The maximum Gasteiger partial charge on any atom is 0.434 e. The third-order valence-electron chi connectivity index (χ3n) is 4.88. The van der Waals surface area contributed by atoms with Crippen LogP contribution in [0.2, 0.25) is 5.02 Å². The van der Waals surface area contributed by atoms with Gasteiger partial charge in [0, 0.05) is 5.02 Å². The van der Waals surface area contributed by atoms with Gasteiger partial charge in [-0.1, -0.05) is 65.4 Å². The number of allylic oxidation sites excluding steroid dienone is 1. The molecule has 0 saturated carbocycles. The Morgan fingerprint density at radius 2 is 1.85 bits per heavy atom. The van der Waals surface area contributed by atoms with Crippen molar-refractivity contribution in [2.75, 3.05) is 6.61 Å². The highest BCUT2D eigenvalue weighted by molar-refractivity contribution is 7.07. The smallest absolute Gasteiger partial charge is 0.434 e. The van der Waals surface area contributed by atoms with Crippen LogP contribution in [0.5, 0.6) is 0 Å². The molecule has 2 heterocycles. The van der Waals surface area contributed by atoms with E-state index >= 15 is 0 Å². The first-order chi connectivity index (χ1) is 15.7. The molecule has 0 amide bonds. The number of fused-ring (bicyclic) bond motifs is 1. The van der Waals surface area contributed by atoms with E-state index in [4.69, 9.17) is 16.3 Å². The zero-order chi connectivity index (χ0) is 23.8. The van der Waals surface area contributed by atoms with Crippen molar-refractivity contribution >= 4 is 35.0 Å². The zero-order valence-electron chi connectivity index (χ0n) is 17.1. The second kappa shape index (κ2) is 8.99. The van der Waals surface area contributed by atoms with Gasteiger partial charge in [-0.3, -0.25) is 9.36 Å². The van der Waals surface area contributed by atoms with Crippen molar-refractivity contribution in [1.82, 2.24) is 4.57 Å².